The summed E-state index contributed by atoms with van der Waals surface area (Å²) in [7, 11) is 0. The molecule has 0 radical (unpaired) electrons. The van der Waals surface area contributed by atoms with Crippen LogP contribution in [0, 0.1) is 0 Å². The summed E-state index contributed by atoms with van der Waals surface area (Å²) < 4.78 is 11.3. The molecular weight excluding hydrogens is 424 g/mol. The van der Waals surface area contributed by atoms with Gasteiger partial charge in [0, 0.05) is 37.4 Å². The van der Waals surface area contributed by atoms with E-state index in [1.807, 2.05) is 47.4 Å². The molecule has 7 nitrogen and oxygen atoms in total. The number of thioether (sulfide) groups is 1. The van der Waals surface area contributed by atoms with Crippen molar-refractivity contribution in [3.63, 3.8) is 0 Å². The minimum Gasteiger partial charge on any atom is -0.411 e. The summed E-state index contributed by atoms with van der Waals surface area (Å²) in [6, 6.07) is 17.8. The Balaban J connectivity index is 1.53. The largest absolute Gasteiger partial charge is 0.411 e. The van der Waals surface area contributed by atoms with Crippen LogP contribution in [-0.2, 0) is 9.53 Å². The van der Waals surface area contributed by atoms with Crippen molar-refractivity contribution in [2.45, 2.75) is 24.3 Å². The molecule has 1 unspecified atom stereocenters. The molecule has 1 atom stereocenters. The quantitative estimate of drug-likeness (QED) is 0.473. The molecular formula is C24H28N4O3S. The Morgan fingerprint density at radius 1 is 1.03 bits per heavy atom. The van der Waals surface area contributed by atoms with E-state index in [0.717, 1.165) is 29.9 Å². The fraction of sp³-hybridized carbons (Fsp3) is 0.375. The van der Waals surface area contributed by atoms with E-state index in [-0.39, 0.29) is 5.91 Å². The lowest BCUT2D eigenvalue weighted by atomic mass is 10.1. The minimum atomic E-state index is -0.451. The number of aromatic nitrogens is 2. The van der Waals surface area contributed by atoms with E-state index < -0.39 is 5.25 Å². The first-order valence-electron chi connectivity index (χ1n) is 11.0. The first-order chi connectivity index (χ1) is 15.7. The number of nitrogens with zero attached hydrogens (tertiary/aromatic N) is 4. The zero-order chi connectivity index (χ0) is 22.3. The summed E-state index contributed by atoms with van der Waals surface area (Å²) in [5, 5.41) is 8.37. The maximum Gasteiger partial charge on any atom is 0.277 e. The molecule has 1 aliphatic heterocycles. The molecule has 8 heteroatoms. The molecule has 1 amide bonds. The van der Waals surface area contributed by atoms with E-state index >= 15 is 0 Å². The zero-order valence-electron chi connectivity index (χ0n) is 18.4. The molecule has 168 valence electrons. The van der Waals surface area contributed by atoms with Crippen molar-refractivity contribution in [2.24, 2.45) is 0 Å². The summed E-state index contributed by atoms with van der Waals surface area (Å²) in [6.07, 6.45) is 0. The molecule has 2 aromatic carbocycles. The molecule has 1 aliphatic rings. The van der Waals surface area contributed by atoms with Crippen molar-refractivity contribution in [1.82, 2.24) is 15.1 Å². The SMILES string of the molecule is CCN(CC)c1ccc(-c2nnc(SC(C(=O)N3CCOCC3)c3ccccc3)o2)cc1. The fourth-order valence-electron chi connectivity index (χ4n) is 3.72. The third-order valence-electron chi connectivity index (χ3n) is 5.52. The highest BCUT2D eigenvalue weighted by Gasteiger charge is 2.30. The van der Waals surface area contributed by atoms with E-state index in [9.17, 15) is 4.79 Å². The monoisotopic (exact) mass is 452 g/mol. The molecule has 1 fully saturated rings. The number of morpholine rings is 1. The van der Waals surface area contributed by atoms with E-state index in [1.165, 1.54) is 11.8 Å². The van der Waals surface area contributed by atoms with Crippen LogP contribution in [0.2, 0.25) is 0 Å². The zero-order valence-corrected chi connectivity index (χ0v) is 19.3. The van der Waals surface area contributed by atoms with Crippen molar-refractivity contribution >= 4 is 23.4 Å². The maximum atomic E-state index is 13.3. The van der Waals surface area contributed by atoms with Gasteiger partial charge >= 0.3 is 0 Å². The summed E-state index contributed by atoms with van der Waals surface area (Å²) in [6.45, 7) is 8.50. The standard InChI is InChI=1S/C24H28N4O3S/c1-3-27(4-2)20-12-10-19(11-13-20)22-25-26-24(31-22)32-21(18-8-6-5-7-9-18)23(29)28-14-16-30-17-15-28/h5-13,21H,3-4,14-17H2,1-2H3. The summed E-state index contributed by atoms with van der Waals surface area (Å²) in [4.78, 5) is 17.4. The molecule has 4 rings (SSSR count). The van der Waals surface area contributed by atoms with Crippen LogP contribution in [0.5, 0.6) is 0 Å². The third kappa shape index (κ3) is 5.14. The van der Waals surface area contributed by atoms with Gasteiger partial charge in [0.05, 0.1) is 13.2 Å². The number of rotatable bonds is 8. The molecule has 0 saturated carbocycles. The van der Waals surface area contributed by atoms with Crippen molar-refractivity contribution in [1.29, 1.82) is 0 Å². The Labute approximate surface area is 192 Å². The highest BCUT2D eigenvalue weighted by Crippen LogP contribution is 2.37. The van der Waals surface area contributed by atoms with E-state index in [1.54, 1.807) is 0 Å². The van der Waals surface area contributed by atoms with Crippen LogP contribution in [0.4, 0.5) is 5.69 Å². The maximum absolute atomic E-state index is 13.3. The summed E-state index contributed by atoms with van der Waals surface area (Å²) in [5.41, 5.74) is 2.93. The first kappa shape index (κ1) is 22.4. The average Bonchev–Trinajstić information content (AvgIpc) is 3.33. The molecule has 0 aliphatic carbocycles. The van der Waals surface area contributed by atoms with Gasteiger partial charge in [-0.2, -0.15) is 0 Å². The normalized spacial score (nSPS) is 14.9. The molecule has 1 aromatic heterocycles. The number of hydrogen-bond donors (Lipinski definition) is 0. The Hall–Kier alpha value is -2.84. The van der Waals surface area contributed by atoms with E-state index in [4.69, 9.17) is 9.15 Å². The van der Waals surface area contributed by atoms with Gasteiger partial charge in [-0.15, -0.1) is 10.2 Å². The molecule has 0 N–H and O–H groups in total. The van der Waals surface area contributed by atoms with Crippen molar-refractivity contribution < 1.29 is 13.9 Å². The van der Waals surface area contributed by atoms with Gasteiger partial charge in [0.15, 0.2) is 0 Å². The molecule has 1 saturated heterocycles. The smallest absolute Gasteiger partial charge is 0.277 e. The third-order valence-corrected chi connectivity index (χ3v) is 6.59. The van der Waals surface area contributed by atoms with Crippen LogP contribution in [0.1, 0.15) is 24.7 Å². The molecule has 0 bridgehead atoms. The van der Waals surface area contributed by atoms with Crippen LogP contribution in [0.3, 0.4) is 0 Å². The van der Waals surface area contributed by atoms with Gasteiger partial charge < -0.3 is 19.0 Å². The highest BCUT2D eigenvalue weighted by molar-refractivity contribution is 8.00. The second kappa shape index (κ2) is 10.7. The van der Waals surface area contributed by atoms with Crippen LogP contribution in [0.25, 0.3) is 11.5 Å². The Morgan fingerprint density at radius 2 is 1.72 bits per heavy atom. The molecule has 32 heavy (non-hydrogen) atoms. The molecule has 0 spiro atoms. The van der Waals surface area contributed by atoms with Gasteiger partial charge in [0.2, 0.25) is 11.8 Å². The molecule has 2 heterocycles. The number of benzene rings is 2. The second-order valence-corrected chi connectivity index (χ2v) is 8.49. The van der Waals surface area contributed by atoms with Gasteiger partial charge in [-0.1, -0.05) is 30.3 Å². The topological polar surface area (TPSA) is 71.7 Å². The lowest BCUT2D eigenvalue weighted by Gasteiger charge is -2.29. The van der Waals surface area contributed by atoms with Crippen molar-refractivity contribution in [3.8, 4) is 11.5 Å². The van der Waals surface area contributed by atoms with Gasteiger partial charge in [0.1, 0.15) is 5.25 Å². The minimum absolute atomic E-state index is 0.0350. The lowest BCUT2D eigenvalue weighted by Crippen LogP contribution is -2.42. The van der Waals surface area contributed by atoms with Crippen LogP contribution in [-0.4, -0.2) is 60.4 Å². The van der Waals surface area contributed by atoms with Gasteiger partial charge in [0.25, 0.3) is 5.22 Å². The average molecular weight is 453 g/mol. The lowest BCUT2D eigenvalue weighted by molar-refractivity contribution is -0.134. The van der Waals surface area contributed by atoms with Gasteiger partial charge in [-0.3, -0.25) is 4.79 Å². The Morgan fingerprint density at radius 3 is 2.38 bits per heavy atom. The summed E-state index contributed by atoms with van der Waals surface area (Å²) in [5.74, 6) is 0.483. The number of amides is 1. The highest BCUT2D eigenvalue weighted by atomic mass is 32.2. The Bertz CT molecular complexity index is 1000. The van der Waals surface area contributed by atoms with Crippen LogP contribution in [0.15, 0.2) is 64.2 Å². The van der Waals surface area contributed by atoms with Crippen molar-refractivity contribution in [3.05, 3.63) is 60.2 Å². The number of ether oxygens (including phenoxy) is 1. The fourth-order valence-corrected chi connectivity index (χ4v) is 4.68. The van der Waals surface area contributed by atoms with Crippen LogP contribution < -0.4 is 4.90 Å². The summed E-state index contributed by atoms with van der Waals surface area (Å²) >= 11 is 1.29. The second-order valence-electron chi connectivity index (χ2n) is 7.44. The first-order valence-corrected chi connectivity index (χ1v) is 11.8. The predicted octanol–water partition coefficient (Wildman–Crippen LogP) is 4.28. The van der Waals surface area contributed by atoms with Gasteiger partial charge in [-0.25, -0.2) is 0 Å². The van der Waals surface area contributed by atoms with Crippen molar-refractivity contribution in [2.75, 3.05) is 44.3 Å². The van der Waals surface area contributed by atoms with E-state index in [0.29, 0.717) is 37.4 Å². The van der Waals surface area contributed by atoms with Crippen LogP contribution >= 0.6 is 11.8 Å². The number of anilines is 1. The Kier molecular flexibility index (Phi) is 7.44. The number of hydrogen-bond acceptors (Lipinski definition) is 7. The predicted molar refractivity (Wildman–Crippen MR) is 126 cm³/mol. The number of carbonyl (C=O) groups is 1. The van der Waals surface area contributed by atoms with E-state index in [2.05, 4.69) is 41.1 Å². The van der Waals surface area contributed by atoms with Gasteiger partial charge in [-0.05, 0) is 55.4 Å². The number of carbonyl (C=O) groups excluding carboxylic acids is 1. The molecule has 3 aromatic rings.